The zero-order chi connectivity index (χ0) is 60.5. The predicted molar refractivity (Wildman–Crippen MR) is 302 cm³/mol. The maximum Gasteiger partial charge on any atom is 0.410 e. The number of amides is 5. The molecule has 4 bridgehead atoms. The van der Waals surface area contributed by atoms with Gasteiger partial charge in [-0.05, 0) is 119 Å². The second-order valence-corrected chi connectivity index (χ2v) is 23.4. The van der Waals surface area contributed by atoms with Crippen LogP contribution in [0.2, 0.25) is 5.02 Å². The number of esters is 2. The lowest BCUT2D eigenvalue weighted by Gasteiger charge is -2.46. The van der Waals surface area contributed by atoms with Gasteiger partial charge in [0.25, 0.3) is 0 Å². The number of piperidine rings is 1. The third kappa shape index (κ3) is 21.0. The molecule has 1 aromatic rings. The minimum absolute atomic E-state index is 0.00813. The van der Waals surface area contributed by atoms with Crippen molar-refractivity contribution in [2.45, 2.75) is 186 Å². The van der Waals surface area contributed by atoms with Gasteiger partial charge in [0.2, 0.25) is 17.7 Å². The molecule has 1 aromatic carbocycles. The van der Waals surface area contributed by atoms with E-state index >= 15 is 0 Å². The fourth-order valence-electron chi connectivity index (χ4n) is 9.68. The molecule has 22 nitrogen and oxygen atoms in total. The van der Waals surface area contributed by atoms with Crippen molar-refractivity contribution in [3.63, 3.8) is 0 Å². The van der Waals surface area contributed by atoms with E-state index in [9.17, 15) is 38.7 Å². The van der Waals surface area contributed by atoms with E-state index in [1.807, 2.05) is 13.0 Å². The van der Waals surface area contributed by atoms with Gasteiger partial charge in [0, 0.05) is 72.8 Å². The van der Waals surface area contributed by atoms with E-state index in [4.69, 9.17) is 54.2 Å². The van der Waals surface area contributed by atoms with Crippen LogP contribution in [0.4, 0.5) is 15.3 Å². The Morgan fingerprint density at radius 2 is 1.57 bits per heavy atom. The lowest BCUT2D eigenvalue weighted by atomic mass is 9.83. The standard InChI is InChI=1S/C58H90ClN5O17/c1-15-77-57(10)25-21-42(36-49(67)62(12)43-34-40(35-44(73-13)51(43)59)33-38(2)17-16-18-45(74-14)58(72)37-46(57)79-53(70)60-58)78-52(69)39(3)61(11)47(65)19-20-48(66)64(41-22-26-63(27-23-41)54(71)81-56(7,8)9)28-30-76-32-31-75-29-24-50(68)80-55(4,5)6/h16-18,34-35,39,41-42,45-46,72H,15,19-33,36-37H2,1-14H3,(H,60,70)/b18-16+,38-17+/t39-,42+,45+,46-,57+,58-/m0/s1. The van der Waals surface area contributed by atoms with Crippen molar-refractivity contribution < 1.29 is 81.3 Å². The van der Waals surface area contributed by atoms with Gasteiger partial charge in [-0.1, -0.05) is 35.4 Å². The highest BCUT2D eigenvalue weighted by Gasteiger charge is 2.51. The highest BCUT2D eigenvalue weighted by atomic mass is 35.5. The van der Waals surface area contributed by atoms with Gasteiger partial charge in [0.1, 0.15) is 51.9 Å². The Balaban J connectivity index is 1.53. The van der Waals surface area contributed by atoms with Gasteiger partial charge in [-0.3, -0.25) is 24.5 Å². The first-order chi connectivity index (χ1) is 37.9. The minimum Gasteiger partial charge on any atom is -0.495 e. The number of methoxy groups -OCH3 is 2. The fourth-order valence-corrected chi connectivity index (χ4v) is 9.99. The molecule has 0 spiro atoms. The molecular weight excluding hydrogens is 1070 g/mol. The Morgan fingerprint density at radius 3 is 2.19 bits per heavy atom. The van der Waals surface area contributed by atoms with Gasteiger partial charge < -0.3 is 67.3 Å². The van der Waals surface area contributed by atoms with Gasteiger partial charge >= 0.3 is 24.1 Å². The van der Waals surface area contributed by atoms with Crippen molar-refractivity contribution >= 4 is 59.1 Å². The normalized spacial score (nSPS) is 23.9. The predicted octanol–water partition coefficient (Wildman–Crippen LogP) is 7.07. The first-order valence-electron chi connectivity index (χ1n) is 27.9. The van der Waals surface area contributed by atoms with Crippen molar-refractivity contribution in [2.75, 3.05) is 85.9 Å². The maximum absolute atomic E-state index is 14.4. The van der Waals surface area contributed by atoms with Crippen molar-refractivity contribution in [1.82, 2.24) is 20.0 Å². The third-order valence-corrected chi connectivity index (χ3v) is 14.6. The number of aliphatic hydroxyl groups is 1. The quantitative estimate of drug-likeness (QED) is 0.0753. The molecule has 0 unspecified atom stereocenters. The zero-order valence-electron chi connectivity index (χ0n) is 50.1. The Hall–Kier alpha value is -5.52. The number of carbonyl (C=O) groups excluding carboxylic acids is 7. The summed E-state index contributed by atoms with van der Waals surface area (Å²) >= 11 is 6.85. The van der Waals surface area contributed by atoms with E-state index in [0.29, 0.717) is 43.8 Å². The average Bonchev–Trinajstić information content (AvgIpc) is 3.44. The number of rotatable bonds is 20. The Kier molecular flexibility index (Phi) is 25.8. The number of alkyl carbamates (subject to hydrolysis) is 1. The van der Waals surface area contributed by atoms with Crippen LogP contribution in [0.1, 0.15) is 133 Å². The number of likely N-dealkylation sites (tertiary alicyclic amines) is 1. The lowest BCUT2D eigenvalue weighted by molar-refractivity contribution is -0.188. The Morgan fingerprint density at radius 1 is 0.926 bits per heavy atom. The van der Waals surface area contributed by atoms with E-state index in [-0.39, 0.29) is 107 Å². The molecule has 23 heteroatoms. The number of benzene rings is 1. The average molecular weight is 1160 g/mol. The minimum atomic E-state index is -1.94. The summed E-state index contributed by atoms with van der Waals surface area (Å²) in [7, 11) is 5.86. The number of fused-ring (bicyclic) bond motifs is 4. The van der Waals surface area contributed by atoms with E-state index in [0.717, 1.165) is 11.1 Å². The highest BCUT2D eigenvalue weighted by Crippen LogP contribution is 2.39. The molecule has 2 N–H and O–H groups in total. The number of allylic oxidation sites excluding steroid dienone is 3. The number of nitrogens with zero attached hydrogens (tertiary/aromatic N) is 4. The largest absolute Gasteiger partial charge is 0.495 e. The molecule has 2 fully saturated rings. The Bertz CT molecular complexity index is 2380. The molecular formula is C58H90ClN5O17. The summed E-state index contributed by atoms with van der Waals surface area (Å²) < 4.78 is 51.9. The summed E-state index contributed by atoms with van der Waals surface area (Å²) in [6.07, 6.45) is 1.10. The van der Waals surface area contributed by atoms with Crippen LogP contribution in [-0.4, -0.2) is 196 Å². The van der Waals surface area contributed by atoms with Gasteiger partial charge in [0.05, 0.1) is 52.1 Å². The summed E-state index contributed by atoms with van der Waals surface area (Å²) in [4.78, 5) is 101. The van der Waals surface area contributed by atoms with Crippen LogP contribution in [0.3, 0.4) is 0 Å². The second kappa shape index (κ2) is 30.7. The van der Waals surface area contributed by atoms with E-state index < -0.39 is 76.9 Å². The molecule has 2 saturated heterocycles. The molecule has 81 heavy (non-hydrogen) atoms. The number of likely N-dealkylation sites (N-methyl/N-ethyl adjacent to an activating group) is 1. The van der Waals surface area contributed by atoms with E-state index in [1.165, 1.54) is 38.0 Å². The van der Waals surface area contributed by atoms with Gasteiger partial charge in [0.15, 0.2) is 5.72 Å². The maximum atomic E-state index is 14.4. The highest BCUT2D eigenvalue weighted by molar-refractivity contribution is 6.35. The van der Waals surface area contributed by atoms with Gasteiger partial charge in [-0.25, -0.2) is 14.4 Å². The van der Waals surface area contributed by atoms with Crippen LogP contribution >= 0.6 is 11.6 Å². The van der Waals surface area contributed by atoms with Crippen molar-refractivity contribution in [1.29, 1.82) is 0 Å². The summed E-state index contributed by atoms with van der Waals surface area (Å²) in [5.41, 5.74) is -2.53. The van der Waals surface area contributed by atoms with Crippen molar-refractivity contribution in [2.24, 2.45) is 0 Å². The number of halogens is 1. The lowest BCUT2D eigenvalue weighted by Crippen LogP contribution is -2.66. The molecule has 6 atom stereocenters. The molecule has 3 aliphatic heterocycles. The molecule has 3 aliphatic rings. The zero-order valence-corrected chi connectivity index (χ0v) is 50.9. The molecule has 3 heterocycles. The van der Waals surface area contributed by atoms with Crippen LogP contribution in [0, 0.1) is 0 Å². The van der Waals surface area contributed by atoms with Crippen LogP contribution in [-0.2, 0) is 68.3 Å². The second-order valence-electron chi connectivity index (χ2n) is 23.0. The van der Waals surface area contributed by atoms with Gasteiger partial charge in [-0.2, -0.15) is 0 Å². The number of hydrogen-bond donors (Lipinski definition) is 2. The Labute approximate surface area is 483 Å². The van der Waals surface area contributed by atoms with E-state index in [2.05, 4.69) is 5.32 Å². The number of nitrogens with one attached hydrogen (secondary N) is 1. The molecule has 0 saturated carbocycles. The first kappa shape index (κ1) is 68.0. The number of hydrogen-bond acceptors (Lipinski definition) is 17. The topological polar surface area (TPSA) is 248 Å². The summed E-state index contributed by atoms with van der Waals surface area (Å²) in [6, 6.07) is 2.08. The van der Waals surface area contributed by atoms with Crippen LogP contribution in [0.25, 0.3) is 0 Å². The number of ether oxygens (including phenoxy) is 9. The molecule has 456 valence electrons. The first-order valence-corrected chi connectivity index (χ1v) is 28.3. The van der Waals surface area contributed by atoms with E-state index in [1.54, 1.807) is 96.5 Å². The fraction of sp³-hybridized carbons (Fsp3) is 0.707. The summed E-state index contributed by atoms with van der Waals surface area (Å²) in [6.45, 7) is 19.4. The van der Waals surface area contributed by atoms with Crippen molar-refractivity contribution in [3.8, 4) is 5.75 Å². The summed E-state index contributed by atoms with van der Waals surface area (Å²) in [5, 5.41) is 14.7. The SMILES string of the molecule is CCO[C@]1(C)CC[C@@H](OC(=O)[C@H](C)N(C)C(=O)CCC(=O)N(CCOCCOCCC(=O)OC(C)(C)C)C2CCN(C(=O)OC(C)(C)C)CC2)CC(=O)N(C)c2cc(cc(OC)c2Cl)C/C(C)=C/C=C/[C@@H](OC)[C@@]2(O)C[C@@H]1OC(=O)N2. The van der Waals surface area contributed by atoms with Crippen molar-refractivity contribution in [3.05, 3.63) is 46.5 Å². The third-order valence-electron chi connectivity index (χ3n) is 14.2. The summed E-state index contributed by atoms with van der Waals surface area (Å²) in [5.74, 6) is -2.20. The van der Waals surface area contributed by atoms with Crippen LogP contribution in [0.5, 0.6) is 5.75 Å². The molecule has 0 aromatic heterocycles. The number of carbonyl (C=O) groups is 7. The molecule has 0 radical (unpaired) electrons. The molecule has 0 aliphatic carbocycles. The molecule has 5 amide bonds. The van der Waals surface area contributed by atoms with Gasteiger partial charge in [-0.15, -0.1) is 0 Å². The van der Waals surface area contributed by atoms with Crippen LogP contribution < -0.4 is 15.0 Å². The van der Waals surface area contributed by atoms with Crippen LogP contribution in [0.15, 0.2) is 35.9 Å². The monoisotopic (exact) mass is 1160 g/mol. The number of anilines is 1. The molecule has 4 rings (SSSR count). The smallest absolute Gasteiger partial charge is 0.410 e.